The van der Waals surface area contributed by atoms with E-state index in [1.54, 1.807) is 0 Å². The van der Waals surface area contributed by atoms with Crippen molar-refractivity contribution in [3.63, 3.8) is 0 Å². The summed E-state index contributed by atoms with van der Waals surface area (Å²) < 4.78 is 5.76. The van der Waals surface area contributed by atoms with Gasteiger partial charge in [-0.2, -0.15) is 0 Å². The van der Waals surface area contributed by atoms with Crippen molar-refractivity contribution in [3.05, 3.63) is 21.9 Å². The molecule has 1 aliphatic heterocycles. The van der Waals surface area contributed by atoms with Crippen molar-refractivity contribution < 1.29 is 4.74 Å². The first-order chi connectivity index (χ1) is 8.67. The Morgan fingerprint density at radius 2 is 1.94 bits per heavy atom. The highest BCUT2D eigenvalue weighted by Crippen LogP contribution is 2.20. The third-order valence-corrected chi connectivity index (χ3v) is 4.21. The summed E-state index contributed by atoms with van der Waals surface area (Å²) in [5.74, 6) is 0. The molecule has 2 unspecified atom stereocenters. The van der Waals surface area contributed by atoms with Gasteiger partial charge in [0.2, 0.25) is 0 Å². The highest BCUT2D eigenvalue weighted by Gasteiger charge is 2.22. The van der Waals surface area contributed by atoms with Crippen LogP contribution in [0.3, 0.4) is 0 Å². The van der Waals surface area contributed by atoms with Gasteiger partial charge in [0.25, 0.3) is 0 Å². The van der Waals surface area contributed by atoms with E-state index in [1.807, 2.05) is 11.3 Å². The molecule has 0 saturated carbocycles. The van der Waals surface area contributed by atoms with Crippen LogP contribution in [0.25, 0.3) is 0 Å². The predicted molar refractivity (Wildman–Crippen MR) is 77.0 cm³/mol. The van der Waals surface area contributed by atoms with Crippen molar-refractivity contribution in [2.45, 2.75) is 46.1 Å². The maximum atomic E-state index is 5.76. The van der Waals surface area contributed by atoms with Crippen molar-refractivity contribution >= 4 is 11.3 Å². The molecule has 1 saturated heterocycles. The van der Waals surface area contributed by atoms with Gasteiger partial charge in [0.1, 0.15) is 0 Å². The monoisotopic (exact) mass is 268 g/mol. The van der Waals surface area contributed by atoms with E-state index < -0.39 is 0 Å². The summed E-state index contributed by atoms with van der Waals surface area (Å²) in [4.78, 5) is 5.40. The molecule has 1 aromatic rings. The lowest BCUT2D eigenvalue weighted by Gasteiger charge is -2.34. The van der Waals surface area contributed by atoms with E-state index in [-0.39, 0.29) is 0 Å². The summed E-state index contributed by atoms with van der Waals surface area (Å²) in [6.45, 7) is 11.7. The molecule has 18 heavy (non-hydrogen) atoms. The van der Waals surface area contributed by atoms with E-state index >= 15 is 0 Å². The summed E-state index contributed by atoms with van der Waals surface area (Å²) in [5.41, 5.74) is 0. The summed E-state index contributed by atoms with van der Waals surface area (Å²) in [7, 11) is 0. The van der Waals surface area contributed by atoms with E-state index in [9.17, 15) is 0 Å². The van der Waals surface area contributed by atoms with Crippen LogP contribution in [0, 0.1) is 0 Å². The molecule has 0 aromatic carbocycles. The molecule has 4 heteroatoms. The van der Waals surface area contributed by atoms with E-state index in [0.29, 0.717) is 12.2 Å². The Labute approximate surface area is 114 Å². The van der Waals surface area contributed by atoms with E-state index in [4.69, 9.17) is 4.74 Å². The van der Waals surface area contributed by atoms with Crippen LogP contribution in [0.15, 0.2) is 12.1 Å². The second kappa shape index (κ2) is 6.66. The molecule has 3 nitrogen and oxygen atoms in total. The second-order valence-electron chi connectivity index (χ2n) is 5.10. The number of nitrogens with one attached hydrogen (secondary N) is 1. The molecule has 0 aliphatic carbocycles. The fourth-order valence-corrected chi connectivity index (χ4v) is 3.51. The molecule has 1 aliphatic rings. The third kappa shape index (κ3) is 4.05. The van der Waals surface area contributed by atoms with Gasteiger partial charge in [-0.1, -0.05) is 6.92 Å². The fourth-order valence-electron chi connectivity index (χ4n) is 2.48. The minimum atomic E-state index is 0.356. The molecule has 2 rings (SSSR count). The Hall–Kier alpha value is -0.420. The first kappa shape index (κ1) is 14.0. The number of nitrogens with zero attached hydrogens (tertiary/aromatic N) is 1. The number of hydrogen-bond acceptors (Lipinski definition) is 4. The zero-order valence-electron chi connectivity index (χ0n) is 11.6. The zero-order chi connectivity index (χ0) is 13.0. The average molecular weight is 268 g/mol. The highest BCUT2D eigenvalue weighted by atomic mass is 32.1. The zero-order valence-corrected chi connectivity index (χ0v) is 12.4. The van der Waals surface area contributed by atoms with Gasteiger partial charge in [-0.05, 0) is 32.5 Å². The molecule has 0 bridgehead atoms. The fraction of sp³-hybridized carbons (Fsp3) is 0.714. The third-order valence-electron chi connectivity index (χ3n) is 3.14. The van der Waals surface area contributed by atoms with Crippen LogP contribution < -0.4 is 5.32 Å². The number of morpholine rings is 1. The van der Waals surface area contributed by atoms with Gasteiger partial charge in [0, 0.05) is 35.9 Å². The number of rotatable bonds is 5. The van der Waals surface area contributed by atoms with Gasteiger partial charge >= 0.3 is 0 Å². The van der Waals surface area contributed by atoms with Crippen molar-refractivity contribution in [3.8, 4) is 0 Å². The van der Waals surface area contributed by atoms with Gasteiger partial charge in [0.05, 0.1) is 12.2 Å². The minimum absolute atomic E-state index is 0.356. The van der Waals surface area contributed by atoms with E-state index in [0.717, 1.165) is 32.7 Å². The topological polar surface area (TPSA) is 24.5 Å². The highest BCUT2D eigenvalue weighted by molar-refractivity contribution is 7.11. The Balaban J connectivity index is 1.86. The number of hydrogen-bond donors (Lipinski definition) is 1. The van der Waals surface area contributed by atoms with Crippen LogP contribution in [-0.2, 0) is 17.8 Å². The SMILES string of the molecule is CCNCc1ccc(CN2CC(C)OC(C)C2)s1. The molecule has 0 spiro atoms. The molecule has 0 amide bonds. The maximum absolute atomic E-state index is 5.76. The quantitative estimate of drug-likeness (QED) is 0.888. The van der Waals surface area contributed by atoms with Crippen molar-refractivity contribution in [1.29, 1.82) is 0 Å². The van der Waals surface area contributed by atoms with Gasteiger partial charge in [0.15, 0.2) is 0 Å². The maximum Gasteiger partial charge on any atom is 0.0678 e. The average Bonchev–Trinajstić information content (AvgIpc) is 2.72. The molecule has 102 valence electrons. The molecule has 2 heterocycles. The molecule has 2 atom stereocenters. The Morgan fingerprint density at radius 1 is 1.28 bits per heavy atom. The van der Waals surface area contributed by atoms with Gasteiger partial charge in [-0.25, -0.2) is 0 Å². The largest absolute Gasteiger partial charge is 0.373 e. The van der Waals surface area contributed by atoms with Gasteiger partial charge in [-0.3, -0.25) is 4.90 Å². The first-order valence-corrected chi connectivity index (χ1v) is 7.65. The van der Waals surface area contributed by atoms with Crippen LogP contribution >= 0.6 is 11.3 Å². The minimum Gasteiger partial charge on any atom is -0.373 e. The summed E-state index contributed by atoms with van der Waals surface area (Å²) in [6, 6.07) is 4.51. The van der Waals surface area contributed by atoms with Gasteiger partial charge < -0.3 is 10.1 Å². The smallest absolute Gasteiger partial charge is 0.0678 e. The Kier molecular flexibility index (Phi) is 5.18. The molecule has 0 radical (unpaired) electrons. The van der Waals surface area contributed by atoms with Crippen molar-refractivity contribution in [1.82, 2.24) is 10.2 Å². The van der Waals surface area contributed by atoms with E-state index in [2.05, 4.69) is 43.1 Å². The summed E-state index contributed by atoms with van der Waals surface area (Å²) in [6.07, 6.45) is 0.713. The number of thiophene rings is 1. The van der Waals surface area contributed by atoms with Gasteiger partial charge in [-0.15, -0.1) is 11.3 Å². The molecule has 1 fully saturated rings. The van der Waals surface area contributed by atoms with Crippen molar-refractivity contribution in [2.24, 2.45) is 0 Å². The second-order valence-corrected chi connectivity index (χ2v) is 6.35. The Bertz CT molecular complexity index is 356. The lowest BCUT2D eigenvalue weighted by atomic mass is 10.2. The van der Waals surface area contributed by atoms with Crippen LogP contribution in [0.2, 0.25) is 0 Å². The van der Waals surface area contributed by atoms with Crippen molar-refractivity contribution in [2.75, 3.05) is 19.6 Å². The predicted octanol–water partition coefficient (Wildman–Crippen LogP) is 2.47. The van der Waals surface area contributed by atoms with Crippen LogP contribution in [-0.4, -0.2) is 36.7 Å². The normalized spacial score (nSPS) is 25.5. The summed E-state index contributed by atoms with van der Waals surface area (Å²) in [5, 5.41) is 3.37. The molecule has 1 N–H and O–H groups in total. The molecule has 1 aromatic heterocycles. The van der Waals surface area contributed by atoms with E-state index in [1.165, 1.54) is 9.75 Å². The standard InChI is InChI=1S/C14H24N2OS/c1-4-15-7-13-5-6-14(18-13)10-16-8-11(2)17-12(3)9-16/h5-6,11-12,15H,4,7-10H2,1-3H3. The lowest BCUT2D eigenvalue weighted by molar-refractivity contribution is -0.0702. The Morgan fingerprint density at radius 3 is 2.61 bits per heavy atom. The van der Waals surface area contributed by atoms with Crippen LogP contribution in [0.4, 0.5) is 0 Å². The first-order valence-electron chi connectivity index (χ1n) is 6.83. The molecular formula is C14H24N2OS. The summed E-state index contributed by atoms with van der Waals surface area (Å²) >= 11 is 1.92. The van der Waals surface area contributed by atoms with Crippen LogP contribution in [0.5, 0.6) is 0 Å². The molecular weight excluding hydrogens is 244 g/mol. The van der Waals surface area contributed by atoms with Crippen LogP contribution in [0.1, 0.15) is 30.5 Å². The number of ether oxygens (including phenoxy) is 1. The lowest BCUT2D eigenvalue weighted by Crippen LogP contribution is -2.44.